The summed E-state index contributed by atoms with van der Waals surface area (Å²) in [6, 6.07) is 30.0. The van der Waals surface area contributed by atoms with Crippen LogP contribution >= 0.6 is 11.6 Å². The number of Topliss-reactive ketones (excluding diaryl/α,β-unsaturated/α-hetero) is 1. The number of esters is 1. The van der Waals surface area contributed by atoms with Gasteiger partial charge in [0.1, 0.15) is 0 Å². The number of carbonyl (C=O) groups excluding carboxylic acids is 2. The second kappa shape index (κ2) is 18.2. The Hall–Kier alpha value is -6.09. The molecule has 0 amide bonds. The van der Waals surface area contributed by atoms with Crippen molar-refractivity contribution < 1.29 is 33.5 Å². The Morgan fingerprint density at radius 3 is 2.22 bits per heavy atom. The molecule has 0 radical (unpaired) electrons. The van der Waals surface area contributed by atoms with Crippen molar-refractivity contribution in [2.75, 3.05) is 38.3 Å². The van der Waals surface area contributed by atoms with Crippen molar-refractivity contribution in [3.8, 4) is 0 Å². The highest BCUT2D eigenvalue weighted by Gasteiger charge is 2.45. The summed E-state index contributed by atoms with van der Waals surface area (Å²) in [5.41, 5.74) is 9.04. The first kappa shape index (κ1) is 44.5. The number of halogens is 1. The lowest BCUT2D eigenvalue weighted by atomic mass is 9.78. The van der Waals surface area contributed by atoms with E-state index in [1.165, 1.54) is 74.8 Å². The number of carbonyl (C=O) groups is 3. The Labute approximate surface area is 380 Å². The molecule has 9 heteroatoms. The van der Waals surface area contributed by atoms with Crippen molar-refractivity contribution in [2.45, 2.75) is 76.5 Å². The molecule has 0 fully saturated rings. The number of hydrogen-bond acceptors (Lipinski definition) is 6. The van der Waals surface area contributed by atoms with Gasteiger partial charge >= 0.3 is 11.9 Å². The van der Waals surface area contributed by atoms with Gasteiger partial charge in [-0.3, -0.25) is 4.79 Å². The molecule has 2 aliphatic heterocycles. The SMILES string of the molecule is COCCCN1/C(=C\C=C2C=C(/C=C/C3=[N+](CCCOC(=O)c4ccc(C(C)=O)c(C(=O)O)c4)c4ccc5ccccc5c4C3(C)C)CC(Cl)C\2)C(C)(C)c2c1ccc1ccccc21. The minimum absolute atomic E-state index is 0.0484. The van der Waals surface area contributed by atoms with Crippen LogP contribution in [0.1, 0.15) is 103 Å². The predicted molar refractivity (Wildman–Crippen MR) is 258 cm³/mol. The number of ether oxygens (including phenoxy) is 2. The highest BCUT2D eigenvalue weighted by molar-refractivity contribution is 6.21. The second-order valence-electron chi connectivity index (χ2n) is 18.1. The molecule has 5 aromatic rings. The Balaban J connectivity index is 1.09. The van der Waals surface area contributed by atoms with Gasteiger partial charge in [0.15, 0.2) is 18.0 Å². The Kier molecular flexibility index (Phi) is 12.6. The third-order valence-corrected chi connectivity index (χ3v) is 13.4. The van der Waals surface area contributed by atoms with Crippen molar-refractivity contribution in [3.63, 3.8) is 0 Å². The molecule has 8 rings (SSSR count). The molecule has 328 valence electrons. The van der Waals surface area contributed by atoms with Crippen LogP contribution in [0.15, 0.2) is 138 Å². The fourth-order valence-corrected chi connectivity index (χ4v) is 10.4. The summed E-state index contributed by atoms with van der Waals surface area (Å²) in [5.74, 6) is -2.30. The predicted octanol–water partition coefficient (Wildman–Crippen LogP) is 12.0. The van der Waals surface area contributed by atoms with E-state index in [2.05, 4.69) is 140 Å². The van der Waals surface area contributed by atoms with E-state index in [1.807, 2.05) is 0 Å². The van der Waals surface area contributed by atoms with Gasteiger partial charge in [-0.25, -0.2) is 9.59 Å². The molecule has 1 unspecified atom stereocenters. The number of carboxylic acid groups (broad SMARTS) is 1. The van der Waals surface area contributed by atoms with E-state index in [9.17, 15) is 19.5 Å². The smallest absolute Gasteiger partial charge is 0.338 e. The molecule has 0 bridgehead atoms. The number of benzene rings is 5. The molecular formula is C55H56ClN2O6+. The van der Waals surface area contributed by atoms with Gasteiger partial charge in [0.25, 0.3) is 0 Å². The number of aromatic carboxylic acids is 1. The number of anilines is 1. The number of allylic oxidation sites excluding steroid dienone is 8. The fourth-order valence-electron chi connectivity index (χ4n) is 10.1. The van der Waals surface area contributed by atoms with Gasteiger partial charge in [0.2, 0.25) is 5.69 Å². The largest absolute Gasteiger partial charge is 0.478 e. The lowest BCUT2D eigenvalue weighted by molar-refractivity contribution is -0.438. The molecule has 0 spiro atoms. The van der Waals surface area contributed by atoms with Crippen molar-refractivity contribution in [1.29, 1.82) is 0 Å². The van der Waals surface area contributed by atoms with Crippen LogP contribution in [0.2, 0.25) is 0 Å². The number of fused-ring (bicyclic) bond motifs is 6. The first-order valence-electron chi connectivity index (χ1n) is 22.2. The minimum Gasteiger partial charge on any atom is -0.478 e. The average molecular weight is 877 g/mol. The van der Waals surface area contributed by atoms with Crippen molar-refractivity contribution >= 4 is 68.0 Å². The minimum atomic E-state index is -1.27. The number of rotatable bonds is 14. The van der Waals surface area contributed by atoms with Crippen LogP contribution in [0.4, 0.5) is 11.4 Å². The van der Waals surface area contributed by atoms with Crippen molar-refractivity contribution in [3.05, 3.63) is 166 Å². The first-order chi connectivity index (χ1) is 30.7. The zero-order valence-corrected chi connectivity index (χ0v) is 38.3. The topological polar surface area (TPSA) is 96.2 Å². The molecule has 1 atom stereocenters. The number of methoxy groups -OCH3 is 1. The number of ketones is 1. The van der Waals surface area contributed by atoms with Gasteiger partial charge in [-0.2, -0.15) is 4.58 Å². The van der Waals surface area contributed by atoms with E-state index >= 15 is 0 Å². The summed E-state index contributed by atoms with van der Waals surface area (Å²) >= 11 is 7.06. The summed E-state index contributed by atoms with van der Waals surface area (Å²) in [6.45, 7) is 12.7. The highest BCUT2D eigenvalue weighted by atomic mass is 35.5. The maximum absolute atomic E-state index is 13.1. The molecule has 64 heavy (non-hydrogen) atoms. The molecule has 2 heterocycles. The first-order valence-corrected chi connectivity index (χ1v) is 22.6. The molecule has 0 saturated carbocycles. The quantitative estimate of drug-likeness (QED) is 0.0390. The molecule has 0 saturated heterocycles. The molecule has 0 aromatic heterocycles. The van der Waals surface area contributed by atoms with E-state index in [0.29, 0.717) is 19.6 Å². The summed E-state index contributed by atoms with van der Waals surface area (Å²) in [4.78, 5) is 39.4. The lowest BCUT2D eigenvalue weighted by Gasteiger charge is -2.27. The molecule has 3 aliphatic rings. The number of hydrogen-bond donors (Lipinski definition) is 1. The summed E-state index contributed by atoms with van der Waals surface area (Å²) in [5, 5.41) is 14.5. The highest BCUT2D eigenvalue weighted by Crippen LogP contribution is 2.51. The number of alkyl halides is 1. The van der Waals surface area contributed by atoms with Crippen LogP contribution in [0.3, 0.4) is 0 Å². The van der Waals surface area contributed by atoms with E-state index in [-0.39, 0.29) is 45.3 Å². The van der Waals surface area contributed by atoms with Gasteiger partial charge in [-0.15, -0.1) is 11.6 Å². The van der Waals surface area contributed by atoms with Crippen LogP contribution in [-0.4, -0.2) is 71.9 Å². The van der Waals surface area contributed by atoms with Crippen molar-refractivity contribution in [1.82, 2.24) is 0 Å². The Morgan fingerprint density at radius 1 is 0.812 bits per heavy atom. The average Bonchev–Trinajstić information content (AvgIpc) is 3.63. The second-order valence-corrected chi connectivity index (χ2v) is 18.7. The summed E-state index contributed by atoms with van der Waals surface area (Å²) < 4.78 is 13.5. The number of nitrogens with zero attached hydrogens (tertiary/aromatic N) is 2. The Morgan fingerprint density at radius 2 is 1.52 bits per heavy atom. The van der Waals surface area contributed by atoms with Gasteiger partial charge in [-0.1, -0.05) is 86.7 Å². The van der Waals surface area contributed by atoms with E-state index in [4.69, 9.17) is 21.1 Å². The normalized spacial score (nSPS) is 18.9. The lowest BCUT2D eigenvalue weighted by Crippen LogP contribution is -2.28. The summed E-state index contributed by atoms with van der Waals surface area (Å²) in [7, 11) is 1.76. The molecule has 8 nitrogen and oxygen atoms in total. The van der Waals surface area contributed by atoms with Gasteiger partial charge < -0.3 is 19.5 Å². The fraction of sp³-hybridized carbons (Fsp3) is 0.309. The van der Waals surface area contributed by atoms with Crippen LogP contribution in [0.5, 0.6) is 0 Å². The van der Waals surface area contributed by atoms with E-state index < -0.39 is 11.9 Å². The third kappa shape index (κ3) is 8.49. The Bertz CT molecular complexity index is 2860. The van der Waals surface area contributed by atoms with Crippen LogP contribution in [-0.2, 0) is 20.3 Å². The van der Waals surface area contributed by atoms with Gasteiger partial charge in [-0.05, 0) is 115 Å². The van der Waals surface area contributed by atoms with E-state index in [0.717, 1.165) is 42.8 Å². The maximum Gasteiger partial charge on any atom is 0.338 e. The molecule has 1 N–H and O–H groups in total. The monoisotopic (exact) mass is 875 g/mol. The standard InChI is InChI=1S/C55H55ClN2O6/c1-35(59)42-22-19-40(34-45(42)52(60)61)53(62)64-30-12-28-58-47-24-21-39-14-8-10-16-44(39)51(47)55(4,5)49(58)26-18-37-31-36(32-41(56)33-37)17-25-48-54(2,3)50-43-15-9-7-13-38(43)20-23-46(50)57(48)27-11-29-63-6/h7-10,13-26,31,34,41H,11-12,27-30,32-33H2,1-6H3/p+1. The zero-order chi connectivity index (χ0) is 45.3. The van der Waals surface area contributed by atoms with Crippen LogP contribution < -0.4 is 4.90 Å². The molecule has 1 aliphatic carbocycles. The number of carboxylic acids is 1. The van der Waals surface area contributed by atoms with E-state index in [1.54, 1.807) is 7.11 Å². The van der Waals surface area contributed by atoms with Crippen molar-refractivity contribution in [2.24, 2.45) is 0 Å². The molecule has 5 aromatic carbocycles. The van der Waals surface area contributed by atoms with Gasteiger partial charge in [0.05, 0.1) is 23.1 Å². The summed E-state index contributed by atoms with van der Waals surface area (Å²) in [6.07, 6.45) is 14.3. The van der Waals surface area contributed by atoms with Crippen LogP contribution in [0, 0.1) is 0 Å². The van der Waals surface area contributed by atoms with Crippen LogP contribution in [0.25, 0.3) is 21.5 Å². The maximum atomic E-state index is 13.1. The third-order valence-electron chi connectivity index (χ3n) is 13.1. The van der Waals surface area contributed by atoms with Gasteiger partial charge in [0, 0.05) is 72.1 Å². The zero-order valence-electron chi connectivity index (χ0n) is 37.5. The molecular weight excluding hydrogens is 820 g/mol.